The number of nitrogens with one attached hydrogen (secondary N) is 1. The Kier molecular flexibility index (Phi) is 2.91. The highest BCUT2D eigenvalue weighted by Crippen LogP contribution is 2.29. The van der Waals surface area contributed by atoms with E-state index in [2.05, 4.69) is 30.1 Å². The second-order valence-corrected chi connectivity index (χ2v) is 7.06. The Hall–Kier alpha value is -2.07. The Morgan fingerprint density at radius 1 is 1.00 bits per heavy atom. The summed E-state index contributed by atoms with van der Waals surface area (Å²) in [6.07, 6.45) is 3.18. The van der Waals surface area contributed by atoms with Crippen molar-refractivity contribution >= 4 is 20.7 Å². The number of hydrogen-bond acceptors (Lipinski definition) is 2. The smallest absolute Gasteiger partial charge is 0.175 e. The van der Waals surface area contributed by atoms with Crippen molar-refractivity contribution < 1.29 is 8.42 Å². The van der Waals surface area contributed by atoms with Crippen LogP contribution in [-0.4, -0.2) is 19.7 Å². The average molecular weight is 285 g/mol. The van der Waals surface area contributed by atoms with Crippen LogP contribution in [0.5, 0.6) is 0 Å². The molecule has 3 rings (SSSR count). The van der Waals surface area contributed by atoms with Gasteiger partial charge in [0.1, 0.15) is 0 Å². The zero-order valence-electron chi connectivity index (χ0n) is 11.3. The molecule has 2 aromatic carbocycles. The third-order valence-corrected chi connectivity index (χ3v) is 4.56. The van der Waals surface area contributed by atoms with E-state index >= 15 is 0 Å². The molecule has 0 aliphatic heterocycles. The summed E-state index contributed by atoms with van der Waals surface area (Å²) in [5.74, 6) is 0. The summed E-state index contributed by atoms with van der Waals surface area (Å²) in [4.78, 5) is 3.60. The third-order valence-electron chi connectivity index (χ3n) is 3.43. The van der Waals surface area contributed by atoms with Gasteiger partial charge < -0.3 is 4.98 Å². The number of aryl methyl sites for hydroxylation is 1. The first kappa shape index (κ1) is 12.9. The van der Waals surface area contributed by atoms with Gasteiger partial charge >= 0.3 is 0 Å². The van der Waals surface area contributed by atoms with Gasteiger partial charge in [-0.3, -0.25) is 0 Å². The highest BCUT2D eigenvalue weighted by molar-refractivity contribution is 7.90. The first-order valence-corrected chi connectivity index (χ1v) is 8.22. The van der Waals surface area contributed by atoms with Crippen LogP contribution in [0.15, 0.2) is 53.6 Å². The fraction of sp³-hybridized carbons (Fsp3) is 0.125. The van der Waals surface area contributed by atoms with E-state index in [1.807, 2.05) is 18.3 Å². The van der Waals surface area contributed by atoms with Crippen LogP contribution in [0.25, 0.3) is 22.0 Å². The van der Waals surface area contributed by atoms with E-state index in [1.54, 1.807) is 12.1 Å². The lowest BCUT2D eigenvalue weighted by Gasteiger charge is -2.02. The molecule has 102 valence electrons. The predicted octanol–water partition coefficient (Wildman–Crippen LogP) is 3.55. The standard InChI is InChI=1S/C16H15NO2S/c1-11-3-8-14-15(10-17-16(14)9-11)12-4-6-13(7-5-12)20(2,18)19/h3-10,17H,1-2H3. The minimum absolute atomic E-state index is 0.344. The van der Waals surface area contributed by atoms with E-state index in [1.165, 1.54) is 11.8 Å². The van der Waals surface area contributed by atoms with Crippen LogP contribution in [-0.2, 0) is 9.84 Å². The van der Waals surface area contributed by atoms with E-state index in [-0.39, 0.29) is 0 Å². The number of hydrogen-bond donors (Lipinski definition) is 1. The van der Waals surface area contributed by atoms with Gasteiger partial charge in [-0.2, -0.15) is 0 Å². The van der Waals surface area contributed by atoms with Gasteiger partial charge in [0.2, 0.25) is 0 Å². The van der Waals surface area contributed by atoms with Crippen molar-refractivity contribution in [2.45, 2.75) is 11.8 Å². The van der Waals surface area contributed by atoms with Crippen molar-refractivity contribution in [1.29, 1.82) is 0 Å². The lowest BCUT2D eigenvalue weighted by molar-refractivity contribution is 0.602. The van der Waals surface area contributed by atoms with Crippen LogP contribution in [0.3, 0.4) is 0 Å². The second-order valence-electron chi connectivity index (χ2n) is 5.05. The van der Waals surface area contributed by atoms with E-state index < -0.39 is 9.84 Å². The van der Waals surface area contributed by atoms with E-state index in [4.69, 9.17) is 0 Å². The van der Waals surface area contributed by atoms with Gasteiger partial charge in [0, 0.05) is 28.9 Å². The van der Waals surface area contributed by atoms with Crippen LogP contribution < -0.4 is 0 Å². The average Bonchev–Trinajstić information content (AvgIpc) is 2.80. The molecule has 0 atom stereocenters. The van der Waals surface area contributed by atoms with Crippen LogP contribution in [0.4, 0.5) is 0 Å². The first-order chi connectivity index (χ1) is 9.45. The molecule has 0 bridgehead atoms. The highest BCUT2D eigenvalue weighted by atomic mass is 32.2. The van der Waals surface area contributed by atoms with Crippen molar-refractivity contribution in [2.24, 2.45) is 0 Å². The summed E-state index contributed by atoms with van der Waals surface area (Å²) in [6, 6.07) is 13.3. The molecule has 0 aliphatic rings. The molecule has 1 heterocycles. The molecule has 0 amide bonds. The molecule has 0 fully saturated rings. The van der Waals surface area contributed by atoms with Crippen molar-refractivity contribution in [1.82, 2.24) is 4.98 Å². The quantitative estimate of drug-likeness (QED) is 0.783. The van der Waals surface area contributed by atoms with E-state index in [9.17, 15) is 8.42 Å². The largest absolute Gasteiger partial charge is 0.361 e. The predicted molar refractivity (Wildman–Crippen MR) is 81.6 cm³/mol. The molecule has 0 aliphatic carbocycles. The van der Waals surface area contributed by atoms with E-state index in [0.717, 1.165) is 22.0 Å². The van der Waals surface area contributed by atoms with Crippen LogP contribution >= 0.6 is 0 Å². The van der Waals surface area contributed by atoms with Gasteiger partial charge in [0.15, 0.2) is 9.84 Å². The highest BCUT2D eigenvalue weighted by Gasteiger charge is 2.09. The Morgan fingerprint density at radius 2 is 1.70 bits per heavy atom. The van der Waals surface area contributed by atoms with Gasteiger partial charge in [0.25, 0.3) is 0 Å². The molecule has 1 N–H and O–H groups in total. The number of aromatic amines is 1. The number of fused-ring (bicyclic) bond motifs is 1. The van der Waals surface area contributed by atoms with Crippen molar-refractivity contribution in [3.05, 3.63) is 54.2 Å². The maximum atomic E-state index is 11.5. The fourth-order valence-electron chi connectivity index (χ4n) is 2.36. The molecular formula is C16H15NO2S. The van der Waals surface area contributed by atoms with Gasteiger partial charge in [-0.05, 0) is 36.2 Å². The summed E-state index contributed by atoms with van der Waals surface area (Å²) in [5, 5.41) is 1.14. The monoisotopic (exact) mass is 285 g/mol. The van der Waals surface area contributed by atoms with Crippen LogP contribution in [0.2, 0.25) is 0 Å². The normalized spacial score (nSPS) is 11.9. The Morgan fingerprint density at radius 3 is 2.35 bits per heavy atom. The second kappa shape index (κ2) is 4.49. The maximum Gasteiger partial charge on any atom is 0.175 e. The van der Waals surface area contributed by atoms with Crippen LogP contribution in [0, 0.1) is 6.92 Å². The zero-order chi connectivity index (χ0) is 14.3. The molecule has 3 nitrogen and oxygen atoms in total. The summed E-state index contributed by atoms with van der Waals surface area (Å²) in [6.45, 7) is 2.06. The van der Waals surface area contributed by atoms with Crippen molar-refractivity contribution in [2.75, 3.05) is 6.26 Å². The minimum Gasteiger partial charge on any atom is -0.361 e. The molecule has 0 saturated carbocycles. The first-order valence-electron chi connectivity index (χ1n) is 6.33. The number of H-pyrrole nitrogens is 1. The molecule has 0 unspecified atom stereocenters. The molecule has 4 heteroatoms. The SMILES string of the molecule is Cc1ccc2c(-c3ccc(S(C)(=O)=O)cc3)c[nH]c2c1. The lowest BCUT2D eigenvalue weighted by Crippen LogP contribution is -1.96. The molecule has 3 aromatic rings. The molecule has 0 spiro atoms. The molecule has 0 radical (unpaired) electrons. The Labute approximate surface area is 118 Å². The number of benzene rings is 2. The summed E-state index contributed by atoms with van der Waals surface area (Å²) in [7, 11) is -3.14. The summed E-state index contributed by atoms with van der Waals surface area (Å²) in [5.41, 5.74) is 4.39. The van der Waals surface area contributed by atoms with Crippen molar-refractivity contribution in [3.63, 3.8) is 0 Å². The van der Waals surface area contributed by atoms with Crippen molar-refractivity contribution in [3.8, 4) is 11.1 Å². The van der Waals surface area contributed by atoms with Gasteiger partial charge in [-0.15, -0.1) is 0 Å². The number of sulfone groups is 1. The molecule has 1 aromatic heterocycles. The molecule has 20 heavy (non-hydrogen) atoms. The number of aromatic nitrogens is 1. The minimum atomic E-state index is -3.14. The van der Waals surface area contributed by atoms with E-state index in [0.29, 0.717) is 4.90 Å². The third kappa shape index (κ3) is 2.23. The molecule has 0 saturated heterocycles. The van der Waals surface area contributed by atoms with Gasteiger partial charge in [-0.25, -0.2) is 8.42 Å². The fourth-order valence-corrected chi connectivity index (χ4v) is 2.99. The van der Waals surface area contributed by atoms with Crippen LogP contribution in [0.1, 0.15) is 5.56 Å². The Balaban J connectivity index is 2.12. The van der Waals surface area contributed by atoms with Gasteiger partial charge in [0.05, 0.1) is 4.90 Å². The van der Waals surface area contributed by atoms with Gasteiger partial charge in [-0.1, -0.05) is 24.3 Å². The summed E-state index contributed by atoms with van der Waals surface area (Å²) >= 11 is 0. The Bertz CT molecular complexity index is 874. The number of rotatable bonds is 2. The maximum absolute atomic E-state index is 11.5. The summed E-state index contributed by atoms with van der Waals surface area (Å²) < 4.78 is 22.9. The lowest BCUT2D eigenvalue weighted by atomic mass is 10.0. The topological polar surface area (TPSA) is 49.9 Å². The molecular weight excluding hydrogens is 270 g/mol. The zero-order valence-corrected chi connectivity index (χ0v) is 12.2.